The monoisotopic (exact) mass is 737 g/mol. The number of nitrogens with zero attached hydrogens (tertiary/aromatic N) is 3. The Bertz CT molecular complexity index is 2720. The molecule has 4 heteroatoms. The third-order valence-electron chi connectivity index (χ3n) is 14.1. The van der Waals surface area contributed by atoms with Crippen molar-refractivity contribution >= 4 is 68.6 Å². The van der Waals surface area contributed by atoms with E-state index in [2.05, 4.69) is 213 Å². The molecular weight excluding hydrogens is 689 g/mol. The number of hydrogen-bond acceptors (Lipinski definition) is 3. The molecule has 3 aliphatic heterocycles. The Kier molecular flexibility index (Phi) is 7.37. The molecule has 2 atom stereocenters. The standard InChI is InChI=1S/C53H48BN3/c1-51(2,3)37-29-30-44(40(33-37)36-19-8-6-9-20-36)56-47-28-17-14-25-43(47)54-42-24-13-16-27-46(42)55(38-21-10-7-11-22-38)48-34-39(35-49(56)50(48)54)57-45-26-15-12-23-41(45)52(4)31-18-32-53(52,57)5/h6-17,19-30,33-35H,18,31-32H2,1-5H3. The molecule has 0 N–H and O–H groups in total. The molecule has 0 saturated heterocycles. The molecule has 0 spiro atoms. The average molecular weight is 738 g/mol. The van der Waals surface area contributed by atoms with Gasteiger partial charge in [0.15, 0.2) is 0 Å². The number of hydrogen-bond donors (Lipinski definition) is 0. The molecule has 1 fully saturated rings. The first-order chi connectivity index (χ1) is 27.7. The van der Waals surface area contributed by atoms with Crippen LogP contribution in [0, 0.1) is 0 Å². The Hall–Kier alpha value is -6.00. The normalized spacial score (nSPS) is 20.2. The van der Waals surface area contributed by atoms with Gasteiger partial charge in [-0.1, -0.05) is 143 Å². The number of anilines is 8. The van der Waals surface area contributed by atoms with Crippen LogP contribution in [-0.4, -0.2) is 12.3 Å². The second-order valence-corrected chi connectivity index (χ2v) is 18.1. The third kappa shape index (κ3) is 4.80. The van der Waals surface area contributed by atoms with Gasteiger partial charge in [-0.05, 0) is 113 Å². The third-order valence-corrected chi connectivity index (χ3v) is 14.1. The Morgan fingerprint density at radius 1 is 0.509 bits per heavy atom. The minimum Gasteiger partial charge on any atom is -0.334 e. The van der Waals surface area contributed by atoms with Crippen molar-refractivity contribution in [1.82, 2.24) is 0 Å². The minimum absolute atomic E-state index is 0.00153. The van der Waals surface area contributed by atoms with Crippen LogP contribution in [0.2, 0.25) is 0 Å². The van der Waals surface area contributed by atoms with E-state index < -0.39 is 0 Å². The van der Waals surface area contributed by atoms with Gasteiger partial charge in [-0.15, -0.1) is 0 Å². The summed E-state index contributed by atoms with van der Waals surface area (Å²) < 4.78 is 0. The van der Waals surface area contributed by atoms with Gasteiger partial charge in [0, 0.05) is 50.8 Å². The van der Waals surface area contributed by atoms with Gasteiger partial charge in [0.25, 0.3) is 6.71 Å². The van der Waals surface area contributed by atoms with Crippen molar-refractivity contribution in [2.24, 2.45) is 0 Å². The highest BCUT2D eigenvalue weighted by Gasteiger charge is 2.59. The highest BCUT2D eigenvalue weighted by atomic mass is 15.3. The van der Waals surface area contributed by atoms with Gasteiger partial charge in [-0.25, -0.2) is 0 Å². The predicted octanol–water partition coefficient (Wildman–Crippen LogP) is 12.1. The lowest BCUT2D eigenvalue weighted by Gasteiger charge is -2.47. The number of benzene rings is 7. The van der Waals surface area contributed by atoms with E-state index in [0.717, 1.165) is 6.42 Å². The van der Waals surface area contributed by atoms with Crippen LogP contribution in [0.3, 0.4) is 0 Å². The molecule has 11 rings (SSSR count). The fraction of sp³-hybridized carbons (Fsp3) is 0.208. The summed E-state index contributed by atoms with van der Waals surface area (Å²) in [6, 6.07) is 61.8. The van der Waals surface area contributed by atoms with Crippen molar-refractivity contribution in [3.05, 3.63) is 175 Å². The van der Waals surface area contributed by atoms with Crippen LogP contribution in [0.4, 0.5) is 45.5 Å². The Morgan fingerprint density at radius 3 is 1.77 bits per heavy atom. The highest BCUT2D eigenvalue weighted by molar-refractivity contribution is 7.00. The van der Waals surface area contributed by atoms with Gasteiger partial charge >= 0.3 is 0 Å². The van der Waals surface area contributed by atoms with Crippen LogP contribution in [0.15, 0.2) is 164 Å². The van der Waals surface area contributed by atoms with Crippen LogP contribution in [0.1, 0.15) is 65.0 Å². The van der Waals surface area contributed by atoms with Crippen molar-refractivity contribution in [2.45, 2.75) is 70.3 Å². The lowest BCUT2D eigenvalue weighted by atomic mass is 9.33. The number of rotatable bonds is 4. The summed E-state index contributed by atoms with van der Waals surface area (Å²) in [6.07, 6.45) is 3.57. The zero-order valence-electron chi connectivity index (χ0n) is 33.6. The smallest absolute Gasteiger partial charge is 0.252 e. The van der Waals surface area contributed by atoms with Crippen LogP contribution >= 0.6 is 0 Å². The zero-order valence-corrected chi connectivity index (χ0v) is 33.6. The Balaban J connectivity index is 1.27. The van der Waals surface area contributed by atoms with Crippen molar-refractivity contribution in [2.75, 3.05) is 14.7 Å². The van der Waals surface area contributed by atoms with Crippen LogP contribution in [0.25, 0.3) is 11.1 Å². The molecule has 0 aromatic heterocycles. The Morgan fingerprint density at radius 2 is 1.09 bits per heavy atom. The van der Waals surface area contributed by atoms with Gasteiger partial charge in [0.05, 0.1) is 11.2 Å². The van der Waals surface area contributed by atoms with Crippen LogP contribution in [-0.2, 0) is 10.8 Å². The fourth-order valence-electron chi connectivity index (χ4n) is 11.1. The van der Waals surface area contributed by atoms with E-state index in [0.29, 0.717) is 0 Å². The van der Waals surface area contributed by atoms with Gasteiger partial charge < -0.3 is 14.7 Å². The molecule has 1 saturated carbocycles. The molecule has 0 radical (unpaired) electrons. The van der Waals surface area contributed by atoms with E-state index in [1.165, 1.54) is 97.0 Å². The SMILES string of the molecule is CC(C)(C)c1ccc(N2c3ccccc3B3c4ccccc4N(c4ccccc4)c4cc(N5c6ccccc6C6(C)CCCC56C)cc2c43)c(-c2ccccc2)c1. The maximum Gasteiger partial charge on any atom is 0.252 e. The lowest BCUT2D eigenvalue weighted by molar-refractivity contribution is 0.330. The van der Waals surface area contributed by atoms with E-state index in [4.69, 9.17) is 0 Å². The maximum atomic E-state index is 2.74. The second-order valence-electron chi connectivity index (χ2n) is 18.1. The largest absolute Gasteiger partial charge is 0.334 e. The first-order valence-corrected chi connectivity index (χ1v) is 20.8. The molecule has 1 aliphatic carbocycles. The molecule has 0 amide bonds. The summed E-state index contributed by atoms with van der Waals surface area (Å²) in [5, 5.41) is 0. The zero-order chi connectivity index (χ0) is 38.7. The van der Waals surface area contributed by atoms with Gasteiger partial charge in [-0.3, -0.25) is 0 Å². The molecule has 278 valence electrons. The summed E-state index contributed by atoms with van der Waals surface area (Å²) >= 11 is 0. The van der Waals surface area contributed by atoms with Gasteiger partial charge in [0.2, 0.25) is 0 Å². The number of fused-ring (bicyclic) bond motifs is 7. The quantitative estimate of drug-likeness (QED) is 0.167. The summed E-state index contributed by atoms with van der Waals surface area (Å²) in [7, 11) is 0. The van der Waals surface area contributed by atoms with Crippen LogP contribution < -0.4 is 31.1 Å². The molecule has 4 aliphatic rings. The summed E-state index contributed by atoms with van der Waals surface area (Å²) in [4.78, 5) is 7.89. The molecule has 2 unspecified atom stereocenters. The lowest BCUT2D eigenvalue weighted by Crippen LogP contribution is -2.61. The maximum absolute atomic E-state index is 2.74. The molecule has 3 nitrogen and oxygen atoms in total. The molecule has 7 aromatic rings. The molecule has 7 aromatic carbocycles. The topological polar surface area (TPSA) is 9.72 Å². The van der Waals surface area contributed by atoms with Gasteiger partial charge in [-0.2, -0.15) is 0 Å². The highest BCUT2D eigenvalue weighted by Crippen LogP contribution is 2.63. The van der Waals surface area contributed by atoms with Crippen molar-refractivity contribution < 1.29 is 0 Å². The molecule has 57 heavy (non-hydrogen) atoms. The minimum atomic E-state index is -0.0673. The van der Waals surface area contributed by atoms with Gasteiger partial charge in [0.1, 0.15) is 0 Å². The predicted molar refractivity (Wildman–Crippen MR) is 243 cm³/mol. The number of para-hydroxylation sites is 4. The van der Waals surface area contributed by atoms with E-state index in [9.17, 15) is 0 Å². The summed E-state index contributed by atoms with van der Waals surface area (Å²) in [6.45, 7) is 12.1. The summed E-state index contributed by atoms with van der Waals surface area (Å²) in [5.41, 5.74) is 19.2. The first kappa shape index (κ1) is 34.3. The Labute approximate surface area is 338 Å². The average Bonchev–Trinajstić information content (AvgIpc) is 3.64. The second kappa shape index (κ2) is 12.3. The van der Waals surface area contributed by atoms with Crippen molar-refractivity contribution in [1.29, 1.82) is 0 Å². The van der Waals surface area contributed by atoms with E-state index in [1.807, 2.05) is 0 Å². The first-order valence-electron chi connectivity index (χ1n) is 20.8. The van der Waals surface area contributed by atoms with E-state index >= 15 is 0 Å². The van der Waals surface area contributed by atoms with Crippen molar-refractivity contribution in [3.8, 4) is 11.1 Å². The molecule has 0 bridgehead atoms. The molecule has 3 heterocycles. The fourth-order valence-corrected chi connectivity index (χ4v) is 11.1. The molecular formula is C53H48BN3. The van der Waals surface area contributed by atoms with E-state index in [-0.39, 0.29) is 23.1 Å². The van der Waals surface area contributed by atoms with Crippen LogP contribution in [0.5, 0.6) is 0 Å². The van der Waals surface area contributed by atoms with E-state index in [1.54, 1.807) is 0 Å². The van der Waals surface area contributed by atoms with Crippen molar-refractivity contribution in [3.63, 3.8) is 0 Å². The summed E-state index contributed by atoms with van der Waals surface area (Å²) in [5.74, 6) is 0.